The zero-order chi connectivity index (χ0) is 20.5. The molecule has 28 heavy (non-hydrogen) atoms. The zero-order valence-electron chi connectivity index (χ0n) is 15.9. The molecule has 0 aliphatic rings. The molecule has 2 N–H and O–H groups in total. The molecule has 0 saturated heterocycles. The van der Waals surface area contributed by atoms with Crippen LogP contribution >= 0.6 is 34.8 Å². The summed E-state index contributed by atoms with van der Waals surface area (Å²) in [6, 6.07) is 6.88. The summed E-state index contributed by atoms with van der Waals surface area (Å²) in [6.45, 7) is 6.88. The van der Waals surface area contributed by atoms with Gasteiger partial charge in [0.2, 0.25) is 5.75 Å². The first kappa shape index (κ1) is 22.2. The van der Waals surface area contributed by atoms with E-state index in [2.05, 4.69) is 38.2 Å². The Morgan fingerprint density at radius 3 is 2.18 bits per heavy atom. The van der Waals surface area contributed by atoms with Crippen LogP contribution in [0.3, 0.4) is 0 Å². The molecule has 1 aromatic carbocycles. The van der Waals surface area contributed by atoms with Gasteiger partial charge in [-0.05, 0) is 79.8 Å². The minimum atomic E-state index is -0.395. The number of rotatable bonds is 8. The van der Waals surface area contributed by atoms with Crippen molar-refractivity contribution in [1.82, 2.24) is 10.3 Å². The van der Waals surface area contributed by atoms with Crippen LogP contribution in [0, 0.1) is 3.57 Å². The summed E-state index contributed by atoms with van der Waals surface area (Å²) in [5.74, 6) is 1.51. The third-order valence-corrected chi connectivity index (χ3v) is 4.21. The molecule has 0 radical (unpaired) electrons. The molecule has 0 fully saturated rings. The number of ether oxygens (including phenoxy) is 3. The van der Waals surface area contributed by atoms with E-state index in [0.717, 1.165) is 3.57 Å². The van der Waals surface area contributed by atoms with E-state index in [-0.39, 0.29) is 5.11 Å². The lowest BCUT2D eigenvalue weighted by Crippen LogP contribution is -2.34. The largest absolute Gasteiger partial charge is 0.490 e. The Morgan fingerprint density at radius 2 is 1.68 bits per heavy atom. The maximum absolute atomic E-state index is 12.7. The van der Waals surface area contributed by atoms with Crippen molar-refractivity contribution in [2.75, 3.05) is 25.1 Å². The molecule has 150 valence electrons. The van der Waals surface area contributed by atoms with Crippen LogP contribution < -0.4 is 24.8 Å². The number of anilines is 1. The van der Waals surface area contributed by atoms with E-state index in [1.165, 1.54) is 0 Å². The monoisotopic (exact) mass is 515 g/mol. The Kier molecular flexibility index (Phi) is 8.71. The predicted octanol–water partition coefficient (Wildman–Crippen LogP) is 4.01. The van der Waals surface area contributed by atoms with Crippen molar-refractivity contribution >= 4 is 51.6 Å². The molecule has 2 rings (SSSR count). The second kappa shape index (κ2) is 11.0. The average molecular weight is 515 g/mol. The number of aromatic nitrogens is 1. The fourth-order valence-electron chi connectivity index (χ4n) is 2.29. The highest BCUT2D eigenvalue weighted by Gasteiger charge is 2.19. The molecule has 0 saturated carbocycles. The topological polar surface area (TPSA) is 81.7 Å². The summed E-state index contributed by atoms with van der Waals surface area (Å²) >= 11 is 7.37. The fraction of sp³-hybridized carbons (Fsp3) is 0.316. The van der Waals surface area contributed by atoms with Gasteiger partial charge in [-0.3, -0.25) is 10.1 Å². The number of carbonyl (C=O) groups is 1. The summed E-state index contributed by atoms with van der Waals surface area (Å²) < 4.78 is 17.9. The third kappa shape index (κ3) is 6.20. The van der Waals surface area contributed by atoms with Crippen LogP contribution in [0.5, 0.6) is 17.2 Å². The summed E-state index contributed by atoms with van der Waals surface area (Å²) in [5, 5.41) is 5.66. The van der Waals surface area contributed by atoms with Crippen LogP contribution in [-0.2, 0) is 0 Å². The van der Waals surface area contributed by atoms with Gasteiger partial charge in [0.25, 0.3) is 5.91 Å². The lowest BCUT2D eigenvalue weighted by Gasteiger charge is -2.17. The highest BCUT2D eigenvalue weighted by molar-refractivity contribution is 14.1. The van der Waals surface area contributed by atoms with Crippen LogP contribution in [0.25, 0.3) is 0 Å². The number of halogens is 1. The molecule has 0 bridgehead atoms. The summed E-state index contributed by atoms with van der Waals surface area (Å²) in [6.07, 6.45) is 1.70. The van der Waals surface area contributed by atoms with Crippen molar-refractivity contribution in [3.63, 3.8) is 0 Å². The van der Waals surface area contributed by atoms with Crippen LogP contribution in [-0.4, -0.2) is 35.8 Å². The van der Waals surface area contributed by atoms with Gasteiger partial charge >= 0.3 is 0 Å². The molecule has 1 amide bonds. The smallest absolute Gasteiger partial charge is 0.257 e. The van der Waals surface area contributed by atoms with Gasteiger partial charge in [-0.2, -0.15) is 0 Å². The molecular formula is C19H22IN3O4S. The van der Waals surface area contributed by atoms with Crippen molar-refractivity contribution < 1.29 is 19.0 Å². The molecule has 0 aliphatic heterocycles. The number of carbonyl (C=O) groups excluding carboxylic acids is 1. The quantitative estimate of drug-likeness (QED) is 0.406. The van der Waals surface area contributed by atoms with Crippen LogP contribution in [0.15, 0.2) is 30.5 Å². The molecule has 0 spiro atoms. The Morgan fingerprint density at radius 1 is 1.07 bits per heavy atom. The van der Waals surface area contributed by atoms with Crippen LogP contribution in [0.4, 0.5) is 5.82 Å². The Hall–Kier alpha value is -2.14. The molecular weight excluding hydrogens is 493 g/mol. The first-order valence-electron chi connectivity index (χ1n) is 8.78. The maximum Gasteiger partial charge on any atom is 0.257 e. The van der Waals surface area contributed by atoms with E-state index in [1.54, 1.807) is 24.4 Å². The number of hydrogen-bond donors (Lipinski definition) is 2. The number of benzene rings is 1. The number of nitrogens with zero attached hydrogens (tertiary/aromatic N) is 1. The van der Waals surface area contributed by atoms with Gasteiger partial charge in [0.1, 0.15) is 5.82 Å². The predicted molar refractivity (Wildman–Crippen MR) is 121 cm³/mol. The molecule has 0 aliphatic carbocycles. The van der Waals surface area contributed by atoms with Gasteiger partial charge in [0.15, 0.2) is 16.6 Å². The van der Waals surface area contributed by atoms with Gasteiger partial charge in [-0.25, -0.2) is 4.98 Å². The number of pyridine rings is 1. The van der Waals surface area contributed by atoms with E-state index in [1.807, 2.05) is 26.8 Å². The first-order chi connectivity index (χ1) is 13.5. The fourth-order valence-corrected chi connectivity index (χ4v) is 2.81. The van der Waals surface area contributed by atoms with Gasteiger partial charge in [-0.15, -0.1) is 0 Å². The lowest BCUT2D eigenvalue weighted by molar-refractivity contribution is 0.0976. The average Bonchev–Trinajstić information content (AvgIpc) is 2.66. The van der Waals surface area contributed by atoms with Crippen molar-refractivity contribution in [3.05, 3.63) is 39.6 Å². The van der Waals surface area contributed by atoms with Crippen LogP contribution in [0.1, 0.15) is 31.1 Å². The highest BCUT2D eigenvalue weighted by atomic mass is 127. The van der Waals surface area contributed by atoms with Gasteiger partial charge in [0, 0.05) is 15.3 Å². The second-order valence-electron chi connectivity index (χ2n) is 5.37. The summed E-state index contributed by atoms with van der Waals surface area (Å²) in [5.41, 5.74) is 0.343. The van der Waals surface area contributed by atoms with Crippen molar-refractivity contribution in [2.45, 2.75) is 20.8 Å². The van der Waals surface area contributed by atoms with E-state index in [0.29, 0.717) is 48.5 Å². The van der Waals surface area contributed by atoms with Crippen LogP contribution in [0.2, 0.25) is 0 Å². The molecule has 7 nitrogen and oxygen atoms in total. The molecule has 1 heterocycles. The zero-order valence-corrected chi connectivity index (χ0v) is 18.8. The Labute approximate surface area is 183 Å². The number of thiocarbonyl (C=S) groups is 1. The molecule has 0 unspecified atom stereocenters. The van der Waals surface area contributed by atoms with Gasteiger partial charge in [-0.1, -0.05) is 0 Å². The van der Waals surface area contributed by atoms with E-state index in [9.17, 15) is 4.79 Å². The third-order valence-electron chi connectivity index (χ3n) is 3.37. The number of amides is 1. The summed E-state index contributed by atoms with van der Waals surface area (Å²) in [7, 11) is 0. The molecule has 0 atom stereocenters. The molecule has 2 aromatic rings. The van der Waals surface area contributed by atoms with Crippen molar-refractivity contribution in [1.29, 1.82) is 0 Å². The normalized spacial score (nSPS) is 10.1. The molecule has 9 heteroatoms. The first-order valence-corrected chi connectivity index (χ1v) is 10.3. The van der Waals surface area contributed by atoms with E-state index >= 15 is 0 Å². The highest BCUT2D eigenvalue weighted by Crippen LogP contribution is 2.39. The SMILES string of the molecule is CCOc1cc(C(=O)NC(=S)Nc2ccc(I)cn2)cc(OCC)c1OCC. The number of hydrogen-bond acceptors (Lipinski definition) is 6. The van der Waals surface area contributed by atoms with Crippen molar-refractivity contribution in [2.24, 2.45) is 0 Å². The van der Waals surface area contributed by atoms with Gasteiger partial charge < -0.3 is 19.5 Å². The lowest BCUT2D eigenvalue weighted by atomic mass is 10.1. The summed E-state index contributed by atoms with van der Waals surface area (Å²) in [4.78, 5) is 16.9. The Balaban J connectivity index is 2.20. The molecule has 1 aromatic heterocycles. The number of nitrogens with one attached hydrogen (secondary N) is 2. The van der Waals surface area contributed by atoms with E-state index in [4.69, 9.17) is 26.4 Å². The maximum atomic E-state index is 12.7. The van der Waals surface area contributed by atoms with E-state index < -0.39 is 5.91 Å². The Bertz CT molecular complexity index is 803. The minimum Gasteiger partial charge on any atom is -0.490 e. The minimum absolute atomic E-state index is 0.142. The second-order valence-corrected chi connectivity index (χ2v) is 7.02. The van der Waals surface area contributed by atoms with Crippen molar-refractivity contribution in [3.8, 4) is 17.2 Å². The van der Waals surface area contributed by atoms with Gasteiger partial charge in [0.05, 0.1) is 19.8 Å². The standard InChI is InChI=1S/C19H22IN3O4S/c1-4-25-14-9-12(10-15(26-5-2)17(14)27-6-3)18(24)23-19(28)22-16-8-7-13(20)11-21-16/h7-11H,4-6H2,1-3H3,(H2,21,22,23,24,28).